The molecule has 21 heavy (non-hydrogen) atoms. The van der Waals surface area contributed by atoms with Crippen molar-refractivity contribution >= 4 is 16.9 Å². The Kier molecular flexibility index (Phi) is 4.93. The number of aromatic nitrogens is 2. The molecule has 6 heteroatoms. The largest absolute Gasteiger partial charge is 0.388 e. The summed E-state index contributed by atoms with van der Waals surface area (Å²) in [4.78, 5) is 21.7. The minimum atomic E-state index is -0.180. The van der Waals surface area contributed by atoms with Crippen LogP contribution < -0.4 is 0 Å². The van der Waals surface area contributed by atoms with Crippen molar-refractivity contribution in [2.24, 2.45) is 0 Å². The molecule has 2 rings (SSSR count). The molecule has 0 bridgehead atoms. The highest BCUT2D eigenvalue weighted by Gasteiger charge is 2.20. The van der Waals surface area contributed by atoms with Gasteiger partial charge < -0.3 is 19.7 Å². The molecule has 1 aromatic heterocycles. The van der Waals surface area contributed by atoms with Gasteiger partial charge in [0, 0.05) is 20.2 Å². The zero-order valence-corrected chi connectivity index (χ0v) is 12.6. The van der Waals surface area contributed by atoms with E-state index in [4.69, 9.17) is 9.84 Å². The van der Waals surface area contributed by atoms with E-state index in [1.807, 2.05) is 26.0 Å². The number of methoxy groups -OCH3 is 1. The van der Waals surface area contributed by atoms with E-state index in [2.05, 4.69) is 9.97 Å². The van der Waals surface area contributed by atoms with E-state index in [0.29, 0.717) is 30.0 Å². The molecule has 0 aliphatic heterocycles. The van der Waals surface area contributed by atoms with Crippen molar-refractivity contribution in [3.8, 4) is 0 Å². The van der Waals surface area contributed by atoms with Crippen LogP contribution in [0.1, 0.15) is 30.0 Å². The molecule has 0 fully saturated rings. The summed E-state index contributed by atoms with van der Waals surface area (Å²) in [6.07, 6.45) is -0.0275. The first-order valence-electron chi connectivity index (χ1n) is 7.01. The van der Waals surface area contributed by atoms with Gasteiger partial charge in [-0.05, 0) is 26.0 Å². The molecule has 0 spiro atoms. The fraction of sp³-hybridized carbons (Fsp3) is 0.467. The molecule has 1 atom stereocenters. The number of nitrogens with one attached hydrogen (secondary N) is 1. The summed E-state index contributed by atoms with van der Waals surface area (Å²) in [7, 11) is 1.63. The maximum atomic E-state index is 12.7. The molecule has 1 unspecified atom stereocenters. The lowest BCUT2D eigenvalue weighted by molar-refractivity contribution is 0.0553. The number of carbonyl (C=O) groups is 1. The normalized spacial score (nSPS) is 12.6. The predicted octanol–water partition coefficient (Wildman–Crippen LogP) is 1.55. The lowest BCUT2D eigenvalue weighted by Gasteiger charge is -2.24. The number of ether oxygens (including phenoxy) is 1. The minimum Gasteiger partial charge on any atom is -0.388 e. The first-order chi connectivity index (χ1) is 10.1. The highest BCUT2D eigenvalue weighted by Crippen LogP contribution is 2.18. The van der Waals surface area contributed by atoms with Gasteiger partial charge in [-0.2, -0.15) is 0 Å². The number of H-pyrrole nitrogens is 1. The Morgan fingerprint density at radius 2 is 2.29 bits per heavy atom. The van der Waals surface area contributed by atoms with Gasteiger partial charge in [0.05, 0.1) is 17.2 Å². The maximum Gasteiger partial charge on any atom is 0.256 e. The highest BCUT2D eigenvalue weighted by molar-refractivity contribution is 6.04. The lowest BCUT2D eigenvalue weighted by Crippen LogP contribution is -2.37. The van der Waals surface area contributed by atoms with Gasteiger partial charge in [0.15, 0.2) is 0 Å². The molecular weight excluding hydrogens is 270 g/mol. The van der Waals surface area contributed by atoms with E-state index in [9.17, 15) is 4.79 Å². The van der Waals surface area contributed by atoms with Gasteiger partial charge >= 0.3 is 0 Å². The van der Waals surface area contributed by atoms with E-state index < -0.39 is 0 Å². The summed E-state index contributed by atoms with van der Waals surface area (Å²) in [5.41, 5.74) is 1.88. The number of aliphatic hydroxyl groups is 1. The van der Waals surface area contributed by atoms with Crippen LogP contribution in [0, 0.1) is 0 Å². The topological polar surface area (TPSA) is 78.5 Å². The zero-order valence-electron chi connectivity index (χ0n) is 12.6. The standard InChI is InChI=1S/C15H21N3O3/c1-4-18(8-10(2)21-3)15(20)11-6-5-7-12-14(11)17-13(9-19)16-12/h5-7,10,19H,4,8-9H2,1-3H3,(H,16,17). The lowest BCUT2D eigenvalue weighted by atomic mass is 10.1. The number of aliphatic hydroxyl groups excluding tert-OH is 1. The van der Waals surface area contributed by atoms with Crippen molar-refractivity contribution in [1.29, 1.82) is 0 Å². The summed E-state index contributed by atoms with van der Waals surface area (Å²) in [5, 5.41) is 9.17. The average Bonchev–Trinajstić information content (AvgIpc) is 2.94. The molecule has 2 aromatic rings. The molecular formula is C15H21N3O3. The minimum absolute atomic E-state index is 0.0275. The smallest absolute Gasteiger partial charge is 0.256 e. The van der Waals surface area contributed by atoms with Crippen LogP contribution in [0.15, 0.2) is 18.2 Å². The molecule has 0 aliphatic carbocycles. The Morgan fingerprint density at radius 3 is 2.90 bits per heavy atom. The van der Waals surface area contributed by atoms with Gasteiger partial charge in [0.1, 0.15) is 17.9 Å². The van der Waals surface area contributed by atoms with Crippen molar-refractivity contribution in [3.05, 3.63) is 29.6 Å². The van der Waals surface area contributed by atoms with E-state index in [1.54, 1.807) is 18.1 Å². The van der Waals surface area contributed by atoms with Gasteiger partial charge in [-0.25, -0.2) is 4.98 Å². The van der Waals surface area contributed by atoms with E-state index >= 15 is 0 Å². The second-order valence-electron chi connectivity index (χ2n) is 4.93. The Morgan fingerprint density at radius 1 is 1.52 bits per heavy atom. The average molecular weight is 291 g/mol. The molecule has 1 heterocycles. The van der Waals surface area contributed by atoms with Crippen molar-refractivity contribution < 1.29 is 14.6 Å². The molecule has 0 saturated heterocycles. The van der Waals surface area contributed by atoms with Crippen molar-refractivity contribution in [3.63, 3.8) is 0 Å². The number of benzene rings is 1. The van der Waals surface area contributed by atoms with Crippen LogP contribution in [0.25, 0.3) is 11.0 Å². The van der Waals surface area contributed by atoms with E-state index in [-0.39, 0.29) is 18.6 Å². The van der Waals surface area contributed by atoms with Crippen LogP contribution >= 0.6 is 0 Å². The molecule has 114 valence electrons. The number of amides is 1. The second-order valence-corrected chi connectivity index (χ2v) is 4.93. The summed E-state index contributed by atoms with van der Waals surface area (Å²) in [5.74, 6) is 0.376. The van der Waals surface area contributed by atoms with Crippen LogP contribution in [0.5, 0.6) is 0 Å². The van der Waals surface area contributed by atoms with Crippen molar-refractivity contribution in [1.82, 2.24) is 14.9 Å². The number of nitrogens with zero attached hydrogens (tertiary/aromatic N) is 2. The van der Waals surface area contributed by atoms with Crippen molar-refractivity contribution in [2.75, 3.05) is 20.2 Å². The Balaban J connectivity index is 2.35. The van der Waals surface area contributed by atoms with Gasteiger partial charge in [-0.1, -0.05) is 6.07 Å². The van der Waals surface area contributed by atoms with Crippen LogP contribution in [0.4, 0.5) is 0 Å². The zero-order chi connectivity index (χ0) is 15.4. The summed E-state index contributed by atoms with van der Waals surface area (Å²) in [6.45, 7) is 4.80. The second kappa shape index (κ2) is 6.69. The number of fused-ring (bicyclic) bond motifs is 1. The Labute approximate surface area is 123 Å². The summed E-state index contributed by atoms with van der Waals surface area (Å²) >= 11 is 0. The third kappa shape index (κ3) is 3.22. The number of rotatable bonds is 6. The van der Waals surface area contributed by atoms with Crippen molar-refractivity contribution in [2.45, 2.75) is 26.6 Å². The van der Waals surface area contributed by atoms with Crippen LogP contribution in [0.3, 0.4) is 0 Å². The van der Waals surface area contributed by atoms with Crippen LogP contribution in [-0.2, 0) is 11.3 Å². The monoisotopic (exact) mass is 291 g/mol. The fourth-order valence-corrected chi connectivity index (χ4v) is 2.24. The number of imidazole rings is 1. The number of hydrogen-bond acceptors (Lipinski definition) is 4. The van der Waals surface area contributed by atoms with E-state index in [1.165, 1.54) is 0 Å². The molecule has 1 amide bonds. The fourth-order valence-electron chi connectivity index (χ4n) is 2.24. The molecule has 6 nitrogen and oxygen atoms in total. The molecule has 1 aromatic carbocycles. The number of likely N-dealkylation sites (N-methyl/N-ethyl adjacent to an activating group) is 1. The predicted molar refractivity (Wildman–Crippen MR) is 80.1 cm³/mol. The quantitative estimate of drug-likeness (QED) is 0.846. The molecule has 0 saturated carbocycles. The number of para-hydroxylation sites is 1. The number of carbonyl (C=O) groups excluding carboxylic acids is 1. The highest BCUT2D eigenvalue weighted by atomic mass is 16.5. The van der Waals surface area contributed by atoms with Gasteiger partial charge in [0.2, 0.25) is 0 Å². The molecule has 0 radical (unpaired) electrons. The first-order valence-corrected chi connectivity index (χ1v) is 7.01. The first kappa shape index (κ1) is 15.5. The third-order valence-electron chi connectivity index (χ3n) is 3.49. The maximum absolute atomic E-state index is 12.7. The van der Waals surface area contributed by atoms with Crippen LogP contribution in [0.2, 0.25) is 0 Å². The van der Waals surface area contributed by atoms with Gasteiger partial charge in [0.25, 0.3) is 5.91 Å². The van der Waals surface area contributed by atoms with Crippen LogP contribution in [-0.4, -0.2) is 52.2 Å². The summed E-state index contributed by atoms with van der Waals surface area (Å²) < 4.78 is 5.23. The Hall–Kier alpha value is -1.92. The SMILES string of the molecule is CCN(CC(C)OC)C(=O)c1cccc2[nH]c(CO)nc12. The van der Waals surface area contributed by atoms with Gasteiger partial charge in [-0.15, -0.1) is 0 Å². The Bertz CT molecular complexity index is 624. The molecule has 0 aliphatic rings. The number of aromatic amines is 1. The number of hydrogen-bond donors (Lipinski definition) is 2. The summed E-state index contributed by atoms with van der Waals surface area (Å²) in [6, 6.07) is 5.40. The molecule has 2 N–H and O–H groups in total. The van der Waals surface area contributed by atoms with Gasteiger partial charge in [-0.3, -0.25) is 4.79 Å². The van der Waals surface area contributed by atoms with E-state index in [0.717, 1.165) is 5.52 Å². The third-order valence-corrected chi connectivity index (χ3v) is 3.49.